The summed E-state index contributed by atoms with van der Waals surface area (Å²) < 4.78 is 13.3. The second kappa shape index (κ2) is 4.96. The van der Waals surface area contributed by atoms with E-state index in [-0.39, 0.29) is 16.2 Å². The number of nitrogens with zero attached hydrogens (tertiary/aromatic N) is 1. The summed E-state index contributed by atoms with van der Waals surface area (Å²) in [6, 6.07) is 4.18. The first kappa shape index (κ1) is 12.2. The zero-order chi connectivity index (χ0) is 12.4. The van der Waals surface area contributed by atoms with Gasteiger partial charge in [-0.2, -0.15) is 0 Å². The lowest BCUT2D eigenvalue weighted by atomic mass is 10.1. The highest BCUT2D eigenvalue weighted by Gasteiger charge is 2.22. The van der Waals surface area contributed by atoms with E-state index < -0.39 is 5.82 Å². The Labute approximate surface area is 107 Å². The van der Waals surface area contributed by atoms with Gasteiger partial charge in [0.25, 0.3) is 5.91 Å². The number of rotatable bonds is 1. The molecule has 1 aromatic rings. The van der Waals surface area contributed by atoms with Crippen LogP contribution < -0.4 is 0 Å². The van der Waals surface area contributed by atoms with Crippen molar-refractivity contribution in [2.24, 2.45) is 0 Å². The molecule has 17 heavy (non-hydrogen) atoms. The van der Waals surface area contributed by atoms with Gasteiger partial charge < -0.3 is 4.90 Å². The minimum atomic E-state index is -0.393. The molecule has 1 aromatic carbocycles. The van der Waals surface area contributed by atoms with E-state index in [0.717, 1.165) is 0 Å². The highest BCUT2D eigenvalue weighted by Crippen LogP contribution is 2.19. The van der Waals surface area contributed by atoms with Crippen LogP contribution in [0.2, 0.25) is 0 Å². The lowest BCUT2D eigenvalue weighted by Gasteiger charge is -2.26. The molecule has 0 N–H and O–H groups in total. The van der Waals surface area contributed by atoms with E-state index >= 15 is 0 Å². The number of carbonyl (C=O) groups is 2. The van der Waals surface area contributed by atoms with Crippen LogP contribution in [-0.2, 0) is 4.79 Å². The molecule has 0 radical (unpaired) electrons. The summed E-state index contributed by atoms with van der Waals surface area (Å²) in [5, 5.41) is 0. The van der Waals surface area contributed by atoms with Crippen LogP contribution in [0.5, 0.6) is 0 Å². The van der Waals surface area contributed by atoms with Gasteiger partial charge in [-0.15, -0.1) is 0 Å². The average molecular weight is 300 g/mol. The first-order valence-corrected chi connectivity index (χ1v) is 6.13. The third kappa shape index (κ3) is 2.72. The Morgan fingerprint density at radius 2 is 1.94 bits per heavy atom. The van der Waals surface area contributed by atoms with Crippen LogP contribution in [0.1, 0.15) is 23.2 Å². The van der Waals surface area contributed by atoms with Crippen LogP contribution in [-0.4, -0.2) is 29.7 Å². The van der Waals surface area contributed by atoms with Crippen molar-refractivity contribution in [3.05, 3.63) is 34.1 Å². The summed E-state index contributed by atoms with van der Waals surface area (Å²) >= 11 is 3.05. The van der Waals surface area contributed by atoms with Crippen molar-refractivity contribution < 1.29 is 14.0 Å². The standard InChI is InChI=1S/C12H11BrFNO2/c13-10-7-8(1-2-11(10)14)12(17)15-5-3-9(16)4-6-15/h1-2,7H,3-6H2. The highest BCUT2D eigenvalue weighted by atomic mass is 79.9. The number of benzene rings is 1. The maximum atomic E-state index is 13.0. The van der Waals surface area contributed by atoms with Gasteiger partial charge in [-0.25, -0.2) is 4.39 Å². The van der Waals surface area contributed by atoms with Crippen LogP contribution in [0, 0.1) is 5.82 Å². The quantitative estimate of drug-likeness (QED) is 0.798. The second-order valence-corrected chi connectivity index (χ2v) is 4.81. The van der Waals surface area contributed by atoms with Gasteiger partial charge in [-0.3, -0.25) is 9.59 Å². The Kier molecular flexibility index (Phi) is 3.57. The summed E-state index contributed by atoms with van der Waals surface area (Å²) in [5.74, 6) is -0.358. The summed E-state index contributed by atoms with van der Waals surface area (Å²) in [7, 11) is 0. The van der Waals surface area contributed by atoms with Crippen molar-refractivity contribution in [1.29, 1.82) is 0 Å². The van der Waals surface area contributed by atoms with Crippen LogP contribution in [0.25, 0.3) is 0 Å². The lowest BCUT2D eigenvalue weighted by molar-refractivity contribution is -0.120. The largest absolute Gasteiger partial charge is 0.338 e. The minimum Gasteiger partial charge on any atom is -0.338 e. The smallest absolute Gasteiger partial charge is 0.253 e. The third-order valence-corrected chi connectivity index (χ3v) is 3.38. The number of carbonyl (C=O) groups excluding carboxylic acids is 2. The average Bonchev–Trinajstić information content (AvgIpc) is 2.33. The van der Waals surface area contributed by atoms with Gasteiger partial charge >= 0.3 is 0 Å². The van der Waals surface area contributed by atoms with E-state index in [2.05, 4.69) is 15.9 Å². The molecule has 5 heteroatoms. The molecule has 0 aromatic heterocycles. The normalized spacial score (nSPS) is 16.1. The molecule has 0 unspecified atom stereocenters. The fourth-order valence-corrected chi connectivity index (χ4v) is 2.15. The Bertz CT molecular complexity index is 466. The Morgan fingerprint density at radius 3 is 2.53 bits per heavy atom. The molecule has 3 nitrogen and oxygen atoms in total. The highest BCUT2D eigenvalue weighted by molar-refractivity contribution is 9.10. The first-order valence-electron chi connectivity index (χ1n) is 5.34. The third-order valence-electron chi connectivity index (χ3n) is 2.77. The van der Waals surface area contributed by atoms with Gasteiger partial charge in [-0.1, -0.05) is 0 Å². The van der Waals surface area contributed by atoms with Gasteiger partial charge in [0.15, 0.2) is 0 Å². The first-order chi connectivity index (χ1) is 8.08. The molecule has 2 rings (SSSR count). The zero-order valence-electron chi connectivity index (χ0n) is 9.08. The fraction of sp³-hybridized carbons (Fsp3) is 0.333. The summed E-state index contributed by atoms with van der Waals surface area (Å²) in [5.41, 5.74) is 0.438. The van der Waals surface area contributed by atoms with Crippen molar-refractivity contribution in [3.63, 3.8) is 0 Å². The number of hydrogen-bond acceptors (Lipinski definition) is 2. The molecule has 90 valence electrons. The Morgan fingerprint density at radius 1 is 1.29 bits per heavy atom. The van der Waals surface area contributed by atoms with Crippen molar-refractivity contribution in [2.45, 2.75) is 12.8 Å². The van der Waals surface area contributed by atoms with Crippen LogP contribution in [0.3, 0.4) is 0 Å². The van der Waals surface area contributed by atoms with Crippen LogP contribution in [0.4, 0.5) is 4.39 Å². The Balaban J connectivity index is 2.14. The predicted octanol–water partition coefficient (Wildman–Crippen LogP) is 2.39. The molecule has 1 aliphatic rings. The number of halogens is 2. The molecule has 0 bridgehead atoms. The van der Waals surface area contributed by atoms with Crippen LogP contribution in [0.15, 0.2) is 22.7 Å². The topological polar surface area (TPSA) is 37.4 Å². The summed E-state index contributed by atoms with van der Waals surface area (Å²) in [4.78, 5) is 24.7. The van der Waals surface area contributed by atoms with E-state index in [1.54, 1.807) is 4.90 Å². The molecule has 1 fully saturated rings. The lowest BCUT2D eigenvalue weighted by Crippen LogP contribution is -2.38. The minimum absolute atomic E-state index is 0.154. The van der Waals surface area contributed by atoms with E-state index in [1.165, 1.54) is 18.2 Å². The molecule has 1 heterocycles. The number of piperidine rings is 1. The van der Waals surface area contributed by atoms with Gasteiger partial charge in [0.1, 0.15) is 11.6 Å². The number of ketones is 1. The number of hydrogen-bond donors (Lipinski definition) is 0. The summed E-state index contributed by atoms with van der Waals surface area (Å²) in [6.07, 6.45) is 0.822. The van der Waals surface area contributed by atoms with Crippen molar-refractivity contribution >= 4 is 27.6 Å². The van der Waals surface area contributed by atoms with E-state index in [1.807, 2.05) is 0 Å². The van der Waals surface area contributed by atoms with E-state index in [0.29, 0.717) is 31.5 Å². The number of amides is 1. The number of Topliss-reactive ketones (excluding diaryl/α,β-unsaturated/α-hetero) is 1. The maximum Gasteiger partial charge on any atom is 0.253 e. The molecule has 0 spiro atoms. The van der Waals surface area contributed by atoms with Crippen molar-refractivity contribution in [3.8, 4) is 0 Å². The predicted molar refractivity (Wildman–Crippen MR) is 64.2 cm³/mol. The van der Waals surface area contributed by atoms with Gasteiger partial charge in [-0.05, 0) is 34.1 Å². The molecule has 0 saturated carbocycles. The SMILES string of the molecule is O=C1CCN(C(=O)c2ccc(F)c(Br)c2)CC1. The van der Waals surface area contributed by atoms with E-state index in [9.17, 15) is 14.0 Å². The van der Waals surface area contributed by atoms with E-state index in [4.69, 9.17) is 0 Å². The van der Waals surface area contributed by atoms with Gasteiger partial charge in [0.2, 0.25) is 0 Å². The van der Waals surface area contributed by atoms with Gasteiger partial charge in [0, 0.05) is 31.5 Å². The van der Waals surface area contributed by atoms with Crippen molar-refractivity contribution in [2.75, 3.05) is 13.1 Å². The summed E-state index contributed by atoms with van der Waals surface area (Å²) in [6.45, 7) is 0.902. The van der Waals surface area contributed by atoms with Crippen molar-refractivity contribution in [1.82, 2.24) is 4.90 Å². The van der Waals surface area contributed by atoms with Gasteiger partial charge in [0.05, 0.1) is 4.47 Å². The Hall–Kier alpha value is -1.23. The number of likely N-dealkylation sites (tertiary alicyclic amines) is 1. The molecule has 1 amide bonds. The molecular formula is C12H11BrFNO2. The second-order valence-electron chi connectivity index (χ2n) is 3.96. The van der Waals surface area contributed by atoms with Crippen LogP contribution >= 0.6 is 15.9 Å². The molecule has 1 saturated heterocycles. The molecule has 1 aliphatic heterocycles. The monoisotopic (exact) mass is 299 g/mol. The molecule has 0 atom stereocenters. The molecule has 0 aliphatic carbocycles. The fourth-order valence-electron chi connectivity index (χ4n) is 1.77. The zero-order valence-corrected chi connectivity index (χ0v) is 10.7. The maximum absolute atomic E-state index is 13.0. The molecular weight excluding hydrogens is 289 g/mol.